The van der Waals surface area contributed by atoms with E-state index < -0.39 is 0 Å². The fourth-order valence-corrected chi connectivity index (χ4v) is 1.62. The number of ether oxygens (including phenoxy) is 1. The summed E-state index contributed by atoms with van der Waals surface area (Å²) >= 11 is 0. The Morgan fingerprint density at radius 2 is 1.71 bits per heavy atom. The molecule has 0 radical (unpaired) electrons. The fourth-order valence-electron chi connectivity index (χ4n) is 1.62. The summed E-state index contributed by atoms with van der Waals surface area (Å²) < 4.78 is 5.46. The zero-order valence-electron chi connectivity index (χ0n) is 10.9. The lowest BCUT2D eigenvalue weighted by Crippen LogP contribution is -2.32. The van der Waals surface area contributed by atoms with Crippen LogP contribution in [0.2, 0.25) is 0 Å². The minimum absolute atomic E-state index is 0.0890. The van der Waals surface area contributed by atoms with Crippen LogP contribution >= 0.6 is 0 Å². The lowest BCUT2D eigenvalue weighted by molar-refractivity contribution is 0.0691. The van der Waals surface area contributed by atoms with Crippen LogP contribution in [0, 0.1) is 5.92 Å². The molecule has 3 heteroatoms. The lowest BCUT2D eigenvalue weighted by atomic mass is 9.99. The van der Waals surface area contributed by atoms with Crippen molar-refractivity contribution in [2.45, 2.75) is 39.8 Å². The van der Waals surface area contributed by atoms with Crippen LogP contribution in [0.4, 0.5) is 4.79 Å². The van der Waals surface area contributed by atoms with Gasteiger partial charge in [-0.2, -0.15) is 0 Å². The molecule has 0 saturated heterocycles. The Labute approximate surface area is 103 Å². The minimum atomic E-state index is -0.359. The first-order chi connectivity index (χ1) is 8.00. The van der Waals surface area contributed by atoms with Crippen molar-refractivity contribution in [1.82, 2.24) is 5.32 Å². The zero-order valence-corrected chi connectivity index (χ0v) is 10.9. The normalized spacial score (nSPS) is 12.6. The summed E-state index contributed by atoms with van der Waals surface area (Å²) in [7, 11) is 0. The minimum Gasteiger partial charge on any atom is -0.441 e. The number of carbonyl (C=O) groups is 1. The van der Waals surface area contributed by atoms with Crippen LogP contribution < -0.4 is 5.32 Å². The van der Waals surface area contributed by atoms with Crippen LogP contribution in [-0.2, 0) is 4.74 Å². The van der Waals surface area contributed by atoms with Gasteiger partial charge in [-0.25, -0.2) is 4.79 Å². The van der Waals surface area contributed by atoms with Crippen LogP contribution in [0.3, 0.4) is 0 Å². The molecule has 94 valence electrons. The Balaban J connectivity index is 2.71. The third-order valence-electron chi connectivity index (χ3n) is 2.37. The van der Waals surface area contributed by atoms with Gasteiger partial charge < -0.3 is 10.1 Å². The van der Waals surface area contributed by atoms with Gasteiger partial charge in [0.25, 0.3) is 0 Å². The standard InChI is InChI=1S/C14H21NO2/c1-10(2)13(12-8-6-5-7-9-12)17-14(16)15-11(3)4/h5-11,13H,1-4H3,(H,15,16). The van der Waals surface area contributed by atoms with Gasteiger partial charge in [-0.05, 0) is 25.3 Å². The van der Waals surface area contributed by atoms with Crippen LogP contribution in [0.5, 0.6) is 0 Å². The number of rotatable bonds is 4. The topological polar surface area (TPSA) is 38.3 Å². The summed E-state index contributed by atoms with van der Waals surface area (Å²) in [6.07, 6.45) is -0.558. The molecule has 0 aromatic heterocycles. The van der Waals surface area contributed by atoms with E-state index in [0.717, 1.165) is 5.56 Å². The second kappa shape index (κ2) is 6.28. The molecule has 1 amide bonds. The average Bonchev–Trinajstić information content (AvgIpc) is 2.25. The number of carbonyl (C=O) groups excluding carboxylic acids is 1. The van der Waals surface area contributed by atoms with Crippen LogP contribution in [0.25, 0.3) is 0 Å². The van der Waals surface area contributed by atoms with E-state index in [2.05, 4.69) is 5.32 Å². The highest BCUT2D eigenvalue weighted by Crippen LogP contribution is 2.25. The van der Waals surface area contributed by atoms with Crippen LogP contribution in [0.1, 0.15) is 39.4 Å². The Kier molecular flexibility index (Phi) is 5.01. The highest BCUT2D eigenvalue weighted by Gasteiger charge is 2.20. The first-order valence-electron chi connectivity index (χ1n) is 6.02. The number of hydrogen-bond acceptors (Lipinski definition) is 2. The first-order valence-corrected chi connectivity index (χ1v) is 6.02. The summed E-state index contributed by atoms with van der Waals surface area (Å²) in [6.45, 7) is 7.91. The predicted molar refractivity (Wildman–Crippen MR) is 68.8 cm³/mol. The van der Waals surface area contributed by atoms with Crippen molar-refractivity contribution in [1.29, 1.82) is 0 Å². The maximum Gasteiger partial charge on any atom is 0.407 e. The third-order valence-corrected chi connectivity index (χ3v) is 2.37. The van der Waals surface area contributed by atoms with E-state index in [1.54, 1.807) is 0 Å². The summed E-state index contributed by atoms with van der Waals surface area (Å²) in [5.74, 6) is 0.246. The molecule has 0 aliphatic heterocycles. The van der Waals surface area contributed by atoms with E-state index in [1.165, 1.54) is 0 Å². The number of benzene rings is 1. The molecule has 0 heterocycles. The SMILES string of the molecule is CC(C)NC(=O)OC(c1ccccc1)C(C)C. The van der Waals surface area contributed by atoms with Gasteiger partial charge in [0, 0.05) is 6.04 Å². The molecule has 1 unspecified atom stereocenters. The van der Waals surface area contributed by atoms with Gasteiger partial charge >= 0.3 is 6.09 Å². The lowest BCUT2D eigenvalue weighted by Gasteiger charge is -2.22. The molecule has 1 N–H and O–H groups in total. The van der Waals surface area contributed by atoms with Gasteiger partial charge in [0.1, 0.15) is 6.10 Å². The molecule has 0 saturated carbocycles. The van der Waals surface area contributed by atoms with Gasteiger partial charge in [0.05, 0.1) is 0 Å². The number of alkyl carbamates (subject to hydrolysis) is 1. The van der Waals surface area contributed by atoms with Gasteiger partial charge in [-0.3, -0.25) is 0 Å². The zero-order chi connectivity index (χ0) is 12.8. The maximum atomic E-state index is 11.6. The average molecular weight is 235 g/mol. The molecule has 0 bridgehead atoms. The van der Waals surface area contributed by atoms with Gasteiger partial charge in [-0.15, -0.1) is 0 Å². The first kappa shape index (κ1) is 13.6. The maximum absolute atomic E-state index is 11.6. The van der Waals surface area contributed by atoms with Crippen molar-refractivity contribution >= 4 is 6.09 Å². The monoisotopic (exact) mass is 235 g/mol. The molecular formula is C14H21NO2. The quantitative estimate of drug-likeness (QED) is 0.867. The second-order valence-electron chi connectivity index (χ2n) is 4.78. The second-order valence-corrected chi connectivity index (χ2v) is 4.78. The van der Waals surface area contributed by atoms with Crippen LogP contribution in [0.15, 0.2) is 30.3 Å². The molecule has 0 aliphatic rings. The fraction of sp³-hybridized carbons (Fsp3) is 0.500. The molecule has 1 aromatic carbocycles. The molecular weight excluding hydrogens is 214 g/mol. The molecule has 0 spiro atoms. The smallest absolute Gasteiger partial charge is 0.407 e. The number of nitrogens with one attached hydrogen (secondary N) is 1. The number of hydrogen-bond donors (Lipinski definition) is 1. The molecule has 0 fully saturated rings. The van der Waals surface area contributed by atoms with Crippen LogP contribution in [-0.4, -0.2) is 12.1 Å². The van der Waals surface area contributed by atoms with Crippen molar-refractivity contribution < 1.29 is 9.53 Å². The van der Waals surface area contributed by atoms with E-state index in [-0.39, 0.29) is 24.2 Å². The van der Waals surface area contributed by atoms with E-state index in [4.69, 9.17) is 4.74 Å². The van der Waals surface area contributed by atoms with Crippen molar-refractivity contribution in [3.8, 4) is 0 Å². The van der Waals surface area contributed by atoms with Gasteiger partial charge in [0.15, 0.2) is 0 Å². The van der Waals surface area contributed by atoms with E-state index in [9.17, 15) is 4.79 Å². The Morgan fingerprint density at radius 1 is 1.12 bits per heavy atom. The van der Waals surface area contributed by atoms with Crippen molar-refractivity contribution in [3.05, 3.63) is 35.9 Å². The summed E-state index contributed by atoms with van der Waals surface area (Å²) in [4.78, 5) is 11.6. The van der Waals surface area contributed by atoms with Gasteiger partial charge in [0.2, 0.25) is 0 Å². The Morgan fingerprint density at radius 3 is 2.18 bits per heavy atom. The highest BCUT2D eigenvalue weighted by atomic mass is 16.6. The largest absolute Gasteiger partial charge is 0.441 e. The van der Waals surface area contributed by atoms with E-state index >= 15 is 0 Å². The molecule has 0 aliphatic carbocycles. The van der Waals surface area contributed by atoms with Gasteiger partial charge in [-0.1, -0.05) is 44.2 Å². The van der Waals surface area contributed by atoms with Crippen molar-refractivity contribution in [2.75, 3.05) is 0 Å². The number of amides is 1. The highest BCUT2D eigenvalue weighted by molar-refractivity contribution is 5.67. The summed E-state index contributed by atoms with van der Waals surface area (Å²) in [5.41, 5.74) is 1.03. The predicted octanol–water partition coefficient (Wildman–Crippen LogP) is 3.52. The van der Waals surface area contributed by atoms with Crippen molar-refractivity contribution in [3.63, 3.8) is 0 Å². The van der Waals surface area contributed by atoms with Crippen molar-refractivity contribution in [2.24, 2.45) is 5.92 Å². The molecule has 1 atom stereocenters. The molecule has 1 rings (SSSR count). The van der Waals surface area contributed by atoms with E-state index in [1.807, 2.05) is 58.0 Å². The summed E-state index contributed by atoms with van der Waals surface area (Å²) in [5, 5.41) is 2.74. The van der Waals surface area contributed by atoms with E-state index in [0.29, 0.717) is 0 Å². The molecule has 17 heavy (non-hydrogen) atoms. The molecule has 3 nitrogen and oxygen atoms in total. The molecule has 1 aromatic rings. The Hall–Kier alpha value is -1.51. The Bertz CT molecular complexity index is 346. The third kappa shape index (κ3) is 4.47. The summed E-state index contributed by atoms with van der Waals surface area (Å²) in [6, 6.07) is 9.91.